The molecular weight excluding hydrogens is 550 g/mol. The van der Waals surface area contributed by atoms with Crippen molar-refractivity contribution in [3.63, 3.8) is 0 Å². The van der Waals surface area contributed by atoms with Crippen molar-refractivity contribution in [2.45, 2.75) is 59.2 Å². The van der Waals surface area contributed by atoms with E-state index in [0.29, 0.717) is 18.4 Å². The van der Waals surface area contributed by atoms with E-state index in [0.717, 1.165) is 11.1 Å². The number of nitrogens with zero attached hydrogens (tertiary/aromatic N) is 1. The van der Waals surface area contributed by atoms with Gasteiger partial charge in [0.1, 0.15) is 6.61 Å². The normalized spacial score (nSPS) is 11.3. The molecule has 43 heavy (non-hydrogen) atoms. The predicted octanol–water partition coefficient (Wildman–Crippen LogP) is 5.57. The molecule has 10 nitrogen and oxygen atoms in total. The molecule has 0 atom stereocenters. The molecule has 2 rings (SSSR count). The maximum absolute atomic E-state index is 12.8. The standard InChI is InChI=1S/C33H41N3O7/c1-5-7-13-25(6-2)22-42-33(41)36(24(3)4)21-27-17-18-28(29(20-27)32(39)40)31(38)34-19-12-11-16-30(37)35-43-23-26-14-9-8-10-15-26/h5-10,13-15,17-18,20,24H,2,11-12,16,19,21-23H2,1,3-4H3,(H,34,38)(H,35,37)(H,39,40). The van der Waals surface area contributed by atoms with Gasteiger partial charge in [-0.3, -0.25) is 14.4 Å². The molecule has 3 N–H and O–H groups in total. The van der Waals surface area contributed by atoms with Gasteiger partial charge in [0.25, 0.3) is 5.91 Å². The number of rotatable bonds is 17. The Hall–Kier alpha value is -4.70. The van der Waals surface area contributed by atoms with Gasteiger partial charge in [-0.05, 0) is 62.4 Å². The molecule has 3 amide bonds. The second kappa shape index (κ2) is 18.7. The molecule has 2 aromatic carbocycles. The summed E-state index contributed by atoms with van der Waals surface area (Å²) in [4.78, 5) is 56.2. The summed E-state index contributed by atoms with van der Waals surface area (Å²) in [6, 6.07) is 13.7. The second-order valence-electron chi connectivity index (χ2n) is 9.95. The van der Waals surface area contributed by atoms with E-state index in [1.165, 1.54) is 17.0 Å². The maximum atomic E-state index is 12.8. The van der Waals surface area contributed by atoms with Gasteiger partial charge < -0.3 is 20.1 Å². The summed E-state index contributed by atoms with van der Waals surface area (Å²) >= 11 is 0. The van der Waals surface area contributed by atoms with Crippen LogP contribution in [0, 0.1) is 0 Å². The Kier molecular flexibility index (Phi) is 15.0. The van der Waals surface area contributed by atoms with E-state index in [1.807, 2.05) is 63.3 Å². The molecule has 0 aliphatic rings. The largest absolute Gasteiger partial charge is 0.478 e. The van der Waals surface area contributed by atoms with Gasteiger partial charge in [0, 0.05) is 25.6 Å². The van der Waals surface area contributed by atoms with Crippen LogP contribution in [0.4, 0.5) is 4.79 Å². The molecule has 0 fully saturated rings. The van der Waals surface area contributed by atoms with Crippen LogP contribution in [-0.2, 0) is 27.5 Å². The predicted molar refractivity (Wildman–Crippen MR) is 164 cm³/mol. The van der Waals surface area contributed by atoms with Crippen molar-refractivity contribution in [2.24, 2.45) is 0 Å². The zero-order valence-electron chi connectivity index (χ0n) is 25.0. The van der Waals surface area contributed by atoms with Crippen LogP contribution in [0.5, 0.6) is 0 Å². The Morgan fingerprint density at radius 1 is 1.02 bits per heavy atom. The molecule has 0 saturated carbocycles. The fraction of sp³-hybridized carbons (Fsp3) is 0.333. The number of carboxylic acid groups (broad SMARTS) is 1. The fourth-order valence-electron chi connectivity index (χ4n) is 3.88. The van der Waals surface area contributed by atoms with Crippen LogP contribution in [0.3, 0.4) is 0 Å². The van der Waals surface area contributed by atoms with Gasteiger partial charge in [-0.2, -0.15) is 0 Å². The molecule has 10 heteroatoms. The average Bonchev–Trinajstić information content (AvgIpc) is 2.99. The lowest BCUT2D eigenvalue weighted by Crippen LogP contribution is -2.37. The van der Waals surface area contributed by atoms with E-state index < -0.39 is 18.0 Å². The smallest absolute Gasteiger partial charge is 0.410 e. The molecule has 230 valence electrons. The van der Waals surface area contributed by atoms with Crippen molar-refractivity contribution in [3.8, 4) is 0 Å². The molecule has 0 aromatic heterocycles. The maximum Gasteiger partial charge on any atom is 0.410 e. The van der Waals surface area contributed by atoms with Gasteiger partial charge in [0.05, 0.1) is 17.7 Å². The summed E-state index contributed by atoms with van der Waals surface area (Å²) in [5.41, 5.74) is 4.43. The number of benzene rings is 2. The average molecular weight is 592 g/mol. The Balaban J connectivity index is 1.88. The van der Waals surface area contributed by atoms with E-state index in [1.54, 1.807) is 18.2 Å². The van der Waals surface area contributed by atoms with Gasteiger partial charge in [-0.15, -0.1) is 0 Å². The first-order valence-electron chi connectivity index (χ1n) is 14.1. The molecular formula is C33H41N3O7. The molecule has 0 aliphatic carbocycles. The van der Waals surface area contributed by atoms with Crippen LogP contribution in [-0.4, -0.2) is 53.1 Å². The number of nitrogens with one attached hydrogen (secondary N) is 2. The third-order valence-electron chi connectivity index (χ3n) is 6.28. The summed E-state index contributed by atoms with van der Waals surface area (Å²) in [6.45, 7) is 9.92. The number of carbonyl (C=O) groups excluding carboxylic acids is 3. The van der Waals surface area contributed by atoms with E-state index in [9.17, 15) is 24.3 Å². The zero-order chi connectivity index (χ0) is 31.6. The number of hydrogen-bond donors (Lipinski definition) is 3. The van der Waals surface area contributed by atoms with Gasteiger partial charge in [0.2, 0.25) is 5.91 Å². The third-order valence-corrected chi connectivity index (χ3v) is 6.28. The second-order valence-corrected chi connectivity index (χ2v) is 9.95. The number of ether oxygens (including phenoxy) is 1. The minimum absolute atomic E-state index is 0.00622. The number of carbonyl (C=O) groups is 4. The molecule has 0 spiro atoms. The summed E-state index contributed by atoms with van der Waals surface area (Å²) in [7, 11) is 0. The topological polar surface area (TPSA) is 134 Å². The minimum Gasteiger partial charge on any atom is -0.478 e. The van der Waals surface area contributed by atoms with Gasteiger partial charge in [-0.25, -0.2) is 15.1 Å². The van der Waals surface area contributed by atoms with E-state index >= 15 is 0 Å². The molecule has 0 heterocycles. The van der Waals surface area contributed by atoms with Crippen LogP contribution in [0.15, 0.2) is 85.0 Å². The lowest BCUT2D eigenvalue weighted by Gasteiger charge is -2.26. The van der Waals surface area contributed by atoms with E-state index in [4.69, 9.17) is 9.57 Å². The highest BCUT2D eigenvalue weighted by atomic mass is 16.6. The Bertz CT molecular complexity index is 1300. The van der Waals surface area contributed by atoms with Crippen molar-refractivity contribution < 1.29 is 33.9 Å². The van der Waals surface area contributed by atoms with Gasteiger partial charge in [-0.1, -0.05) is 67.3 Å². The Labute approximate surface area is 253 Å². The monoisotopic (exact) mass is 591 g/mol. The first kappa shape index (κ1) is 34.5. The first-order chi connectivity index (χ1) is 20.7. The van der Waals surface area contributed by atoms with Crippen molar-refractivity contribution in [3.05, 3.63) is 107 Å². The van der Waals surface area contributed by atoms with E-state index in [-0.39, 0.29) is 55.8 Å². The molecule has 2 aromatic rings. The van der Waals surface area contributed by atoms with Crippen molar-refractivity contribution >= 4 is 23.9 Å². The highest BCUT2D eigenvalue weighted by Gasteiger charge is 2.22. The molecule has 0 bridgehead atoms. The van der Waals surface area contributed by atoms with Crippen molar-refractivity contribution in [2.75, 3.05) is 13.2 Å². The SMILES string of the molecule is C=CC(=CC=CC)COC(=O)N(Cc1ccc(C(=O)NCCCCC(=O)NOCc2ccccc2)c(C(=O)O)c1)C(C)C. The number of amides is 3. The Morgan fingerprint density at radius 2 is 1.77 bits per heavy atom. The van der Waals surface area contributed by atoms with Gasteiger partial charge in [0.15, 0.2) is 0 Å². The summed E-state index contributed by atoms with van der Waals surface area (Å²) in [5.74, 6) is -2.07. The highest BCUT2D eigenvalue weighted by molar-refractivity contribution is 6.04. The third kappa shape index (κ3) is 12.4. The van der Waals surface area contributed by atoms with Crippen LogP contribution < -0.4 is 10.8 Å². The van der Waals surface area contributed by atoms with Crippen molar-refractivity contribution in [1.82, 2.24) is 15.7 Å². The lowest BCUT2D eigenvalue weighted by atomic mass is 10.0. The summed E-state index contributed by atoms with van der Waals surface area (Å²) < 4.78 is 5.45. The first-order valence-corrected chi connectivity index (χ1v) is 14.1. The number of hydrogen-bond acceptors (Lipinski definition) is 6. The number of unbranched alkanes of at least 4 members (excludes halogenated alkanes) is 1. The molecule has 0 aliphatic heterocycles. The Morgan fingerprint density at radius 3 is 2.42 bits per heavy atom. The zero-order valence-corrected chi connectivity index (χ0v) is 25.0. The van der Waals surface area contributed by atoms with Crippen molar-refractivity contribution in [1.29, 1.82) is 0 Å². The lowest BCUT2D eigenvalue weighted by molar-refractivity contribution is -0.134. The molecule has 0 saturated heterocycles. The van der Waals surface area contributed by atoms with Crippen LogP contribution in [0.1, 0.15) is 71.9 Å². The summed E-state index contributed by atoms with van der Waals surface area (Å²) in [5, 5.41) is 12.5. The number of allylic oxidation sites excluding steroid dienone is 3. The fourth-order valence-corrected chi connectivity index (χ4v) is 3.88. The number of carboxylic acids is 1. The van der Waals surface area contributed by atoms with Gasteiger partial charge >= 0.3 is 12.1 Å². The molecule has 0 unspecified atom stereocenters. The van der Waals surface area contributed by atoms with E-state index in [2.05, 4.69) is 17.4 Å². The number of aromatic carboxylic acids is 1. The van der Waals surface area contributed by atoms with Crippen LogP contribution >= 0.6 is 0 Å². The summed E-state index contributed by atoms with van der Waals surface area (Å²) in [6.07, 6.45) is 7.75. The minimum atomic E-state index is -1.26. The van der Waals surface area contributed by atoms with Crippen LogP contribution in [0.2, 0.25) is 0 Å². The van der Waals surface area contributed by atoms with Crippen LogP contribution in [0.25, 0.3) is 0 Å². The molecule has 0 radical (unpaired) electrons. The number of hydroxylamine groups is 1. The highest BCUT2D eigenvalue weighted by Crippen LogP contribution is 2.17. The quantitative estimate of drug-likeness (QED) is 0.124.